The topological polar surface area (TPSA) is 58.2 Å². The molecule has 2 N–H and O–H groups in total. The first-order valence-electron chi connectivity index (χ1n) is 6.98. The molecule has 1 aromatic heterocycles. The molecule has 1 fully saturated rings. The van der Waals surface area contributed by atoms with Gasteiger partial charge in [-0.15, -0.1) is 11.3 Å². The number of amides is 2. The van der Waals surface area contributed by atoms with Crippen molar-refractivity contribution < 1.29 is 9.59 Å². The summed E-state index contributed by atoms with van der Waals surface area (Å²) in [5.41, 5.74) is 1.48. The summed E-state index contributed by atoms with van der Waals surface area (Å²) in [4.78, 5) is 24.4. The highest BCUT2D eigenvalue weighted by Crippen LogP contribution is 2.27. The Labute approximate surface area is 127 Å². The van der Waals surface area contributed by atoms with E-state index in [0.29, 0.717) is 4.88 Å². The number of carbonyl (C=O) groups excluding carboxylic acids is 2. The quantitative estimate of drug-likeness (QED) is 0.903. The standard InChI is InChI=1S/C16H16N2O2S/c19-15(11-3-1-4-11)17-12-6-8-13(9-7-12)18-16(20)14-5-2-10-21-14/h2,5-11H,1,3-4H2,(H,17,19)(H,18,20). The number of carbonyl (C=O) groups is 2. The van der Waals surface area contributed by atoms with E-state index in [4.69, 9.17) is 0 Å². The highest BCUT2D eigenvalue weighted by atomic mass is 32.1. The third-order valence-electron chi connectivity index (χ3n) is 3.63. The lowest BCUT2D eigenvalue weighted by Crippen LogP contribution is -2.27. The number of thiophene rings is 1. The number of rotatable bonds is 4. The molecule has 108 valence electrons. The molecule has 0 atom stereocenters. The summed E-state index contributed by atoms with van der Waals surface area (Å²) < 4.78 is 0. The minimum Gasteiger partial charge on any atom is -0.326 e. The van der Waals surface area contributed by atoms with Crippen LogP contribution in [0.15, 0.2) is 41.8 Å². The van der Waals surface area contributed by atoms with Crippen molar-refractivity contribution in [1.29, 1.82) is 0 Å². The van der Waals surface area contributed by atoms with E-state index in [1.165, 1.54) is 11.3 Å². The lowest BCUT2D eigenvalue weighted by Gasteiger charge is -2.24. The summed E-state index contributed by atoms with van der Waals surface area (Å²) in [7, 11) is 0. The fourth-order valence-corrected chi connectivity index (χ4v) is 2.77. The predicted molar refractivity (Wildman–Crippen MR) is 84.7 cm³/mol. The largest absolute Gasteiger partial charge is 0.326 e. The fraction of sp³-hybridized carbons (Fsp3) is 0.250. The molecule has 5 heteroatoms. The maximum Gasteiger partial charge on any atom is 0.265 e. The van der Waals surface area contributed by atoms with Crippen LogP contribution in [0.2, 0.25) is 0 Å². The molecule has 3 rings (SSSR count). The Hall–Kier alpha value is -2.14. The lowest BCUT2D eigenvalue weighted by atomic mass is 9.85. The van der Waals surface area contributed by atoms with Gasteiger partial charge in [0.15, 0.2) is 0 Å². The zero-order chi connectivity index (χ0) is 14.7. The first-order chi connectivity index (χ1) is 10.2. The van der Waals surface area contributed by atoms with E-state index >= 15 is 0 Å². The summed E-state index contributed by atoms with van der Waals surface area (Å²) >= 11 is 1.40. The summed E-state index contributed by atoms with van der Waals surface area (Å²) in [5, 5.41) is 7.60. The molecule has 2 amide bonds. The summed E-state index contributed by atoms with van der Waals surface area (Å²) in [6.45, 7) is 0. The van der Waals surface area contributed by atoms with Crippen molar-refractivity contribution >= 4 is 34.5 Å². The Bertz CT molecular complexity index is 631. The maximum absolute atomic E-state index is 11.9. The highest BCUT2D eigenvalue weighted by molar-refractivity contribution is 7.12. The van der Waals surface area contributed by atoms with Crippen molar-refractivity contribution in [1.82, 2.24) is 0 Å². The van der Waals surface area contributed by atoms with Crippen LogP contribution in [-0.2, 0) is 4.79 Å². The zero-order valence-electron chi connectivity index (χ0n) is 11.5. The zero-order valence-corrected chi connectivity index (χ0v) is 12.3. The third-order valence-corrected chi connectivity index (χ3v) is 4.50. The van der Waals surface area contributed by atoms with E-state index in [0.717, 1.165) is 30.6 Å². The van der Waals surface area contributed by atoms with Crippen molar-refractivity contribution in [2.75, 3.05) is 10.6 Å². The van der Waals surface area contributed by atoms with E-state index in [9.17, 15) is 9.59 Å². The van der Waals surface area contributed by atoms with Crippen LogP contribution in [-0.4, -0.2) is 11.8 Å². The molecule has 21 heavy (non-hydrogen) atoms. The van der Waals surface area contributed by atoms with E-state index in [2.05, 4.69) is 10.6 Å². The number of anilines is 2. The Morgan fingerprint density at radius 1 is 1.00 bits per heavy atom. The van der Waals surface area contributed by atoms with Crippen molar-refractivity contribution in [2.24, 2.45) is 5.92 Å². The van der Waals surface area contributed by atoms with Gasteiger partial charge in [0.05, 0.1) is 4.88 Å². The number of hydrogen-bond donors (Lipinski definition) is 2. The molecule has 1 heterocycles. The van der Waals surface area contributed by atoms with Gasteiger partial charge < -0.3 is 10.6 Å². The smallest absolute Gasteiger partial charge is 0.265 e. The first kappa shape index (κ1) is 13.8. The second-order valence-electron chi connectivity index (χ2n) is 5.13. The Balaban J connectivity index is 1.58. The number of hydrogen-bond acceptors (Lipinski definition) is 3. The third kappa shape index (κ3) is 3.31. The molecule has 4 nitrogen and oxygen atoms in total. The molecule has 2 aromatic rings. The number of nitrogens with one attached hydrogen (secondary N) is 2. The molecule has 0 saturated heterocycles. The van der Waals surface area contributed by atoms with E-state index in [-0.39, 0.29) is 17.7 Å². The van der Waals surface area contributed by atoms with Gasteiger partial charge in [-0.3, -0.25) is 9.59 Å². The molecule has 1 aromatic carbocycles. The Morgan fingerprint density at radius 2 is 1.67 bits per heavy atom. The molecule has 0 aliphatic heterocycles. The predicted octanol–water partition coefficient (Wildman–Crippen LogP) is 3.74. The minimum absolute atomic E-state index is 0.0941. The van der Waals surface area contributed by atoms with E-state index in [1.807, 2.05) is 11.4 Å². The summed E-state index contributed by atoms with van der Waals surface area (Å²) in [5.74, 6) is 0.149. The van der Waals surface area contributed by atoms with Crippen LogP contribution in [0.3, 0.4) is 0 Å². The molecule has 0 spiro atoms. The van der Waals surface area contributed by atoms with Crippen LogP contribution < -0.4 is 10.6 Å². The fourth-order valence-electron chi connectivity index (χ4n) is 2.15. The van der Waals surface area contributed by atoms with Gasteiger partial charge in [-0.05, 0) is 48.6 Å². The van der Waals surface area contributed by atoms with Gasteiger partial charge in [0.2, 0.25) is 5.91 Å². The summed E-state index contributed by atoms with van der Waals surface area (Å²) in [6.07, 6.45) is 3.12. The molecule has 0 unspecified atom stereocenters. The van der Waals surface area contributed by atoms with Crippen molar-refractivity contribution in [3.8, 4) is 0 Å². The lowest BCUT2D eigenvalue weighted by molar-refractivity contribution is -0.122. The van der Waals surface area contributed by atoms with Crippen LogP contribution in [0.1, 0.15) is 28.9 Å². The SMILES string of the molecule is O=C(Nc1ccc(NC(=O)C2CCC2)cc1)c1cccs1. The number of benzene rings is 1. The van der Waals surface area contributed by atoms with Gasteiger partial charge in [0, 0.05) is 17.3 Å². The van der Waals surface area contributed by atoms with Crippen molar-refractivity contribution in [3.05, 3.63) is 46.7 Å². The van der Waals surface area contributed by atoms with Gasteiger partial charge in [0.25, 0.3) is 5.91 Å². The van der Waals surface area contributed by atoms with Crippen LogP contribution in [0.4, 0.5) is 11.4 Å². The maximum atomic E-state index is 11.9. The van der Waals surface area contributed by atoms with E-state index < -0.39 is 0 Å². The normalized spacial score (nSPS) is 14.3. The monoisotopic (exact) mass is 300 g/mol. The molecule has 1 aliphatic rings. The molecule has 0 radical (unpaired) electrons. The van der Waals surface area contributed by atoms with Crippen LogP contribution in [0, 0.1) is 5.92 Å². The van der Waals surface area contributed by atoms with Gasteiger partial charge in [0.1, 0.15) is 0 Å². The van der Waals surface area contributed by atoms with Gasteiger partial charge >= 0.3 is 0 Å². The molecule has 1 saturated carbocycles. The molecule has 0 bridgehead atoms. The average Bonchev–Trinajstić information content (AvgIpc) is 2.93. The molecule has 1 aliphatic carbocycles. The van der Waals surface area contributed by atoms with Gasteiger partial charge in [-0.1, -0.05) is 12.5 Å². The molecular formula is C16H16N2O2S. The van der Waals surface area contributed by atoms with E-state index in [1.54, 1.807) is 30.3 Å². The Kier molecular flexibility index (Phi) is 4.01. The average molecular weight is 300 g/mol. The van der Waals surface area contributed by atoms with Gasteiger partial charge in [-0.2, -0.15) is 0 Å². The second-order valence-corrected chi connectivity index (χ2v) is 6.07. The minimum atomic E-state index is -0.115. The van der Waals surface area contributed by atoms with Crippen LogP contribution in [0.25, 0.3) is 0 Å². The summed E-state index contributed by atoms with van der Waals surface area (Å²) in [6, 6.07) is 10.8. The second kappa shape index (κ2) is 6.10. The van der Waals surface area contributed by atoms with Gasteiger partial charge in [-0.25, -0.2) is 0 Å². The van der Waals surface area contributed by atoms with Crippen molar-refractivity contribution in [2.45, 2.75) is 19.3 Å². The molecular weight excluding hydrogens is 284 g/mol. The van der Waals surface area contributed by atoms with Crippen LogP contribution >= 0.6 is 11.3 Å². The van der Waals surface area contributed by atoms with Crippen LogP contribution in [0.5, 0.6) is 0 Å². The van der Waals surface area contributed by atoms with Crippen molar-refractivity contribution in [3.63, 3.8) is 0 Å². The Morgan fingerprint density at radius 3 is 2.19 bits per heavy atom. The highest BCUT2D eigenvalue weighted by Gasteiger charge is 2.24. The first-order valence-corrected chi connectivity index (χ1v) is 7.86.